The largest absolute Gasteiger partial charge is 0.473 e. The molecule has 3 heterocycles. The van der Waals surface area contributed by atoms with Crippen LogP contribution >= 0.6 is 22.9 Å². The fraction of sp³-hybridized carbons (Fsp3) is 0.333. The minimum atomic E-state index is -0.269. The van der Waals surface area contributed by atoms with Crippen molar-refractivity contribution in [2.45, 2.75) is 26.4 Å². The number of nitrogens with one attached hydrogen (secondary N) is 2. The van der Waals surface area contributed by atoms with Crippen LogP contribution in [-0.2, 0) is 0 Å². The Bertz CT molecular complexity index is 1080. The van der Waals surface area contributed by atoms with E-state index >= 15 is 0 Å². The van der Waals surface area contributed by atoms with Crippen molar-refractivity contribution in [1.82, 2.24) is 19.9 Å². The van der Waals surface area contributed by atoms with E-state index in [9.17, 15) is 4.79 Å². The van der Waals surface area contributed by atoms with Gasteiger partial charge in [-0.3, -0.25) is 4.79 Å². The minimum absolute atomic E-state index is 0.121. The average molecular weight is 459 g/mol. The van der Waals surface area contributed by atoms with Crippen molar-refractivity contribution < 1.29 is 9.53 Å². The predicted octanol–water partition coefficient (Wildman–Crippen LogP) is 4.28. The van der Waals surface area contributed by atoms with Crippen molar-refractivity contribution in [3.8, 4) is 5.88 Å². The number of hydrogen-bond acceptors (Lipinski definition) is 8. The molecule has 1 aliphatic heterocycles. The molecule has 4 rings (SSSR count). The van der Waals surface area contributed by atoms with Crippen LogP contribution in [0.5, 0.6) is 5.88 Å². The maximum atomic E-state index is 12.6. The Morgan fingerprint density at radius 3 is 2.90 bits per heavy atom. The van der Waals surface area contributed by atoms with Crippen LogP contribution in [0.2, 0.25) is 5.02 Å². The van der Waals surface area contributed by atoms with Crippen LogP contribution < -0.4 is 15.4 Å². The molecule has 2 aromatic heterocycles. The molecule has 0 radical (unpaired) electrons. The lowest BCUT2D eigenvalue weighted by atomic mass is 10.2. The van der Waals surface area contributed by atoms with Gasteiger partial charge in [-0.2, -0.15) is 4.98 Å². The summed E-state index contributed by atoms with van der Waals surface area (Å²) < 4.78 is 6.01. The Kier molecular flexibility index (Phi) is 6.35. The Balaban J connectivity index is 1.44. The van der Waals surface area contributed by atoms with E-state index in [1.807, 2.05) is 26.0 Å². The van der Waals surface area contributed by atoms with E-state index in [4.69, 9.17) is 16.3 Å². The number of thiazole rings is 1. The van der Waals surface area contributed by atoms with Gasteiger partial charge in [-0.05, 0) is 38.9 Å². The van der Waals surface area contributed by atoms with E-state index in [1.54, 1.807) is 12.1 Å². The van der Waals surface area contributed by atoms with Gasteiger partial charge in [0.25, 0.3) is 5.91 Å². The van der Waals surface area contributed by atoms with Gasteiger partial charge in [-0.15, -0.1) is 0 Å². The molecule has 2 N–H and O–H groups in total. The molecule has 1 unspecified atom stereocenters. The van der Waals surface area contributed by atoms with Gasteiger partial charge in [-0.25, -0.2) is 9.97 Å². The number of carbonyl (C=O) groups excluding carboxylic acids is 1. The zero-order chi connectivity index (χ0) is 22.0. The smallest absolute Gasteiger partial charge is 0.267 e. The fourth-order valence-corrected chi connectivity index (χ4v) is 4.33. The lowest BCUT2D eigenvalue weighted by Crippen LogP contribution is -2.22. The first-order valence-electron chi connectivity index (χ1n) is 9.87. The quantitative estimate of drug-likeness (QED) is 0.569. The van der Waals surface area contributed by atoms with Crippen LogP contribution in [0.25, 0.3) is 0 Å². The third-order valence-corrected chi connectivity index (χ3v) is 6.10. The van der Waals surface area contributed by atoms with Gasteiger partial charge >= 0.3 is 0 Å². The molecule has 1 aliphatic rings. The third-order valence-electron chi connectivity index (χ3n) is 4.87. The summed E-state index contributed by atoms with van der Waals surface area (Å²) in [7, 11) is 2.07. The molecule has 31 heavy (non-hydrogen) atoms. The van der Waals surface area contributed by atoms with Crippen molar-refractivity contribution >= 4 is 45.5 Å². The zero-order valence-electron chi connectivity index (χ0n) is 17.5. The van der Waals surface area contributed by atoms with Gasteiger partial charge in [0.2, 0.25) is 5.88 Å². The third kappa shape index (κ3) is 5.30. The van der Waals surface area contributed by atoms with Gasteiger partial charge in [0, 0.05) is 19.2 Å². The second-order valence-electron chi connectivity index (χ2n) is 7.47. The zero-order valence-corrected chi connectivity index (χ0v) is 19.0. The summed E-state index contributed by atoms with van der Waals surface area (Å²) in [5.41, 5.74) is 1.49. The first kappa shape index (κ1) is 21.5. The van der Waals surface area contributed by atoms with Crippen LogP contribution in [-0.4, -0.2) is 52.0 Å². The second kappa shape index (κ2) is 9.17. The molecule has 8 nitrogen and oxygen atoms in total. The van der Waals surface area contributed by atoms with Gasteiger partial charge in [0.1, 0.15) is 22.6 Å². The number of aryl methyl sites for hydroxylation is 2. The van der Waals surface area contributed by atoms with Crippen LogP contribution in [0.3, 0.4) is 0 Å². The Labute approximate surface area is 189 Å². The van der Waals surface area contributed by atoms with Crippen molar-refractivity contribution in [3.63, 3.8) is 0 Å². The van der Waals surface area contributed by atoms with E-state index in [2.05, 4.69) is 37.5 Å². The number of likely N-dealkylation sites (N-methyl/N-ethyl adjacent to an activating group) is 1. The Hall–Kier alpha value is -2.75. The Morgan fingerprint density at radius 2 is 2.16 bits per heavy atom. The number of benzene rings is 1. The van der Waals surface area contributed by atoms with Crippen molar-refractivity contribution in [2.75, 3.05) is 30.8 Å². The summed E-state index contributed by atoms with van der Waals surface area (Å²) in [4.78, 5) is 28.4. The summed E-state index contributed by atoms with van der Waals surface area (Å²) in [5.74, 6) is 1.42. The maximum Gasteiger partial charge on any atom is 0.267 e. The van der Waals surface area contributed by atoms with E-state index in [1.165, 1.54) is 17.5 Å². The molecule has 1 fully saturated rings. The van der Waals surface area contributed by atoms with Crippen LogP contribution in [0.1, 0.15) is 27.5 Å². The summed E-state index contributed by atoms with van der Waals surface area (Å²) in [5, 5.41) is 7.04. The highest BCUT2D eigenvalue weighted by molar-refractivity contribution is 7.17. The number of aromatic nitrogens is 3. The van der Waals surface area contributed by atoms with Crippen LogP contribution in [0, 0.1) is 13.8 Å². The number of nitrogens with zero attached hydrogens (tertiary/aromatic N) is 4. The molecule has 162 valence electrons. The maximum absolute atomic E-state index is 12.6. The molecule has 10 heteroatoms. The summed E-state index contributed by atoms with van der Waals surface area (Å²) >= 11 is 7.43. The van der Waals surface area contributed by atoms with E-state index in [0.717, 1.165) is 25.1 Å². The SMILES string of the molecule is Cc1nc(Nc2ncc(C(=O)Nc3c(C)cccc3Cl)s2)cc(OC2CCN(C)C2)n1. The number of hydrogen-bond donors (Lipinski definition) is 2. The highest BCUT2D eigenvalue weighted by Crippen LogP contribution is 2.28. The lowest BCUT2D eigenvalue weighted by molar-refractivity contribution is 0.103. The van der Waals surface area contributed by atoms with Crippen molar-refractivity contribution in [1.29, 1.82) is 0 Å². The average Bonchev–Trinajstić information content (AvgIpc) is 3.33. The molecule has 1 amide bonds. The number of likely N-dealkylation sites (tertiary alicyclic amines) is 1. The topological polar surface area (TPSA) is 92.3 Å². The predicted molar refractivity (Wildman–Crippen MR) is 123 cm³/mol. The molecule has 0 saturated carbocycles. The first-order valence-corrected chi connectivity index (χ1v) is 11.1. The minimum Gasteiger partial charge on any atom is -0.473 e. The highest BCUT2D eigenvalue weighted by atomic mass is 35.5. The van der Waals surface area contributed by atoms with Gasteiger partial charge in [0.15, 0.2) is 5.13 Å². The molecule has 0 bridgehead atoms. The standard InChI is InChI=1S/C21H23ClN6O2S/c1-12-5-4-6-15(22)19(12)27-20(29)16-10-23-21(31-16)26-17-9-18(25-13(2)24-17)30-14-7-8-28(3)11-14/h4-6,9-10,14H,7-8,11H2,1-3H3,(H,27,29)(H,23,24,25,26). The van der Waals surface area contributed by atoms with E-state index in [0.29, 0.717) is 38.2 Å². The monoisotopic (exact) mass is 458 g/mol. The lowest BCUT2D eigenvalue weighted by Gasteiger charge is -2.14. The first-order chi connectivity index (χ1) is 14.9. The number of ether oxygens (including phenoxy) is 1. The number of rotatable bonds is 6. The van der Waals surface area contributed by atoms with E-state index in [-0.39, 0.29) is 12.0 Å². The summed E-state index contributed by atoms with van der Waals surface area (Å²) in [6, 6.07) is 7.22. The van der Waals surface area contributed by atoms with E-state index < -0.39 is 0 Å². The van der Waals surface area contributed by atoms with Gasteiger partial charge in [-0.1, -0.05) is 35.1 Å². The van der Waals surface area contributed by atoms with Crippen LogP contribution in [0.15, 0.2) is 30.5 Å². The second-order valence-corrected chi connectivity index (χ2v) is 8.91. The molecule has 1 aromatic carbocycles. The summed E-state index contributed by atoms with van der Waals surface area (Å²) in [6.07, 6.45) is 2.61. The van der Waals surface area contributed by atoms with Crippen molar-refractivity contribution in [3.05, 3.63) is 51.7 Å². The molecule has 0 spiro atoms. The summed E-state index contributed by atoms with van der Waals surface area (Å²) in [6.45, 7) is 5.59. The number of anilines is 3. The molecule has 1 saturated heterocycles. The van der Waals surface area contributed by atoms with Gasteiger partial charge in [0.05, 0.1) is 16.9 Å². The molecular weight excluding hydrogens is 436 g/mol. The number of para-hydroxylation sites is 1. The van der Waals surface area contributed by atoms with Crippen LogP contribution in [0.4, 0.5) is 16.6 Å². The van der Waals surface area contributed by atoms with Crippen molar-refractivity contribution in [2.24, 2.45) is 0 Å². The number of halogens is 1. The Morgan fingerprint density at radius 1 is 1.32 bits per heavy atom. The molecule has 1 atom stereocenters. The molecule has 3 aromatic rings. The number of carbonyl (C=O) groups is 1. The molecule has 0 aliphatic carbocycles. The fourth-order valence-electron chi connectivity index (χ4n) is 3.34. The molecular formula is C21H23ClN6O2S. The highest BCUT2D eigenvalue weighted by Gasteiger charge is 2.22. The number of amides is 1. The van der Waals surface area contributed by atoms with Gasteiger partial charge < -0.3 is 20.3 Å². The normalized spacial score (nSPS) is 16.3.